The molecule has 0 aliphatic heterocycles. The van der Waals surface area contributed by atoms with E-state index in [4.69, 9.17) is 4.42 Å². The van der Waals surface area contributed by atoms with Crippen molar-refractivity contribution in [1.82, 2.24) is 5.32 Å². The van der Waals surface area contributed by atoms with Gasteiger partial charge in [0, 0.05) is 15.8 Å². The standard InChI is InChI=1S/C18H15NO2S/c20-18(19-13-15-7-4-12-21-15)11-9-16-8-10-17(22-16)14-5-2-1-3-6-14/h1-12H,13H2,(H,19,20). The summed E-state index contributed by atoms with van der Waals surface area (Å²) in [5.74, 6) is 0.607. The third kappa shape index (κ3) is 3.74. The molecule has 0 aliphatic rings. The minimum absolute atomic E-state index is 0.133. The molecule has 3 aromatic rings. The van der Waals surface area contributed by atoms with Gasteiger partial charge in [0.1, 0.15) is 5.76 Å². The summed E-state index contributed by atoms with van der Waals surface area (Å²) in [5, 5.41) is 2.78. The summed E-state index contributed by atoms with van der Waals surface area (Å²) in [5.41, 5.74) is 1.19. The van der Waals surface area contributed by atoms with Crippen LogP contribution in [0.1, 0.15) is 10.6 Å². The van der Waals surface area contributed by atoms with Crippen molar-refractivity contribution in [1.29, 1.82) is 0 Å². The van der Waals surface area contributed by atoms with Crippen LogP contribution >= 0.6 is 11.3 Å². The van der Waals surface area contributed by atoms with Gasteiger partial charge in [-0.1, -0.05) is 30.3 Å². The van der Waals surface area contributed by atoms with Crippen LogP contribution in [0.4, 0.5) is 0 Å². The van der Waals surface area contributed by atoms with Crippen LogP contribution in [0.15, 0.2) is 71.4 Å². The number of thiophene rings is 1. The van der Waals surface area contributed by atoms with Crippen molar-refractivity contribution < 1.29 is 9.21 Å². The highest BCUT2D eigenvalue weighted by Crippen LogP contribution is 2.28. The molecule has 0 bridgehead atoms. The van der Waals surface area contributed by atoms with Gasteiger partial charge in [-0.25, -0.2) is 0 Å². The zero-order valence-electron chi connectivity index (χ0n) is 11.9. The topological polar surface area (TPSA) is 42.2 Å². The van der Waals surface area contributed by atoms with E-state index in [0.717, 1.165) is 10.6 Å². The lowest BCUT2D eigenvalue weighted by Gasteiger charge is -1.97. The Morgan fingerprint density at radius 2 is 1.95 bits per heavy atom. The van der Waals surface area contributed by atoms with Gasteiger partial charge in [0.2, 0.25) is 5.91 Å². The van der Waals surface area contributed by atoms with Crippen molar-refractivity contribution in [2.24, 2.45) is 0 Å². The summed E-state index contributed by atoms with van der Waals surface area (Å²) in [6.07, 6.45) is 4.96. The Labute approximate surface area is 132 Å². The second kappa shape index (κ2) is 6.91. The second-order valence-electron chi connectivity index (χ2n) is 4.70. The molecular weight excluding hydrogens is 294 g/mol. The number of carbonyl (C=O) groups excluding carboxylic acids is 1. The Bertz CT molecular complexity index is 758. The lowest BCUT2D eigenvalue weighted by Crippen LogP contribution is -2.19. The summed E-state index contributed by atoms with van der Waals surface area (Å²) < 4.78 is 5.16. The molecule has 2 aromatic heterocycles. The number of furan rings is 1. The highest BCUT2D eigenvalue weighted by Gasteiger charge is 2.02. The monoisotopic (exact) mass is 309 g/mol. The van der Waals surface area contributed by atoms with E-state index in [1.54, 1.807) is 29.7 Å². The average Bonchev–Trinajstić information content (AvgIpc) is 3.23. The van der Waals surface area contributed by atoms with Crippen molar-refractivity contribution in [2.45, 2.75) is 6.54 Å². The van der Waals surface area contributed by atoms with Crippen LogP contribution in [-0.2, 0) is 11.3 Å². The van der Waals surface area contributed by atoms with E-state index in [1.165, 1.54) is 10.4 Å². The second-order valence-corrected chi connectivity index (χ2v) is 5.81. The first-order valence-electron chi connectivity index (χ1n) is 6.95. The average molecular weight is 309 g/mol. The molecule has 4 heteroatoms. The van der Waals surface area contributed by atoms with Crippen LogP contribution in [0, 0.1) is 0 Å². The Balaban J connectivity index is 1.58. The smallest absolute Gasteiger partial charge is 0.244 e. The van der Waals surface area contributed by atoms with Gasteiger partial charge >= 0.3 is 0 Å². The van der Waals surface area contributed by atoms with Gasteiger partial charge in [0.25, 0.3) is 0 Å². The van der Waals surface area contributed by atoms with E-state index in [-0.39, 0.29) is 5.91 Å². The van der Waals surface area contributed by atoms with E-state index in [0.29, 0.717) is 6.54 Å². The predicted octanol–water partition coefficient (Wildman–Crippen LogP) is 4.34. The third-order valence-corrected chi connectivity index (χ3v) is 4.20. The predicted molar refractivity (Wildman–Crippen MR) is 89.3 cm³/mol. The molecule has 110 valence electrons. The van der Waals surface area contributed by atoms with Crippen molar-refractivity contribution in [2.75, 3.05) is 0 Å². The summed E-state index contributed by atoms with van der Waals surface area (Å²) in [6.45, 7) is 0.399. The summed E-state index contributed by atoms with van der Waals surface area (Å²) >= 11 is 1.66. The lowest BCUT2D eigenvalue weighted by atomic mass is 10.2. The summed E-state index contributed by atoms with van der Waals surface area (Å²) in [6, 6.07) is 17.9. The van der Waals surface area contributed by atoms with Gasteiger partial charge in [-0.3, -0.25) is 4.79 Å². The molecule has 1 aromatic carbocycles. The first-order chi connectivity index (χ1) is 10.8. The van der Waals surface area contributed by atoms with Crippen LogP contribution in [0.2, 0.25) is 0 Å². The van der Waals surface area contributed by atoms with Crippen molar-refractivity contribution >= 4 is 23.3 Å². The van der Waals surface area contributed by atoms with Gasteiger partial charge in [0.15, 0.2) is 0 Å². The van der Waals surface area contributed by atoms with E-state index < -0.39 is 0 Å². The lowest BCUT2D eigenvalue weighted by molar-refractivity contribution is -0.116. The highest BCUT2D eigenvalue weighted by atomic mass is 32.1. The molecule has 3 rings (SSSR count). The van der Waals surface area contributed by atoms with E-state index >= 15 is 0 Å². The highest BCUT2D eigenvalue weighted by molar-refractivity contribution is 7.16. The maximum atomic E-state index is 11.8. The molecule has 0 unspecified atom stereocenters. The zero-order valence-corrected chi connectivity index (χ0v) is 12.7. The number of nitrogens with one attached hydrogen (secondary N) is 1. The van der Waals surface area contributed by atoms with E-state index in [2.05, 4.69) is 23.5 Å². The SMILES string of the molecule is O=C(C=Cc1ccc(-c2ccccc2)s1)NCc1ccco1. The fourth-order valence-corrected chi connectivity index (χ4v) is 2.92. The molecule has 1 amide bonds. The first-order valence-corrected chi connectivity index (χ1v) is 7.76. The van der Waals surface area contributed by atoms with Gasteiger partial charge < -0.3 is 9.73 Å². The van der Waals surface area contributed by atoms with Crippen LogP contribution in [0.3, 0.4) is 0 Å². The molecule has 0 saturated heterocycles. The number of amides is 1. The number of benzene rings is 1. The maximum Gasteiger partial charge on any atom is 0.244 e. The number of rotatable bonds is 5. The number of carbonyl (C=O) groups is 1. The zero-order chi connectivity index (χ0) is 15.2. The molecular formula is C18H15NO2S. The Morgan fingerprint density at radius 3 is 2.73 bits per heavy atom. The summed E-state index contributed by atoms with van der Waals surface area (Å²) in [4.78, 5) is 14.0. The molecule has 0 fully saturated rings. The largest absolute Gasteiger partial charge is 0.467 e. The molecule has 0 aliphatic carbocycles. The summed E-state index contributed by atoms with van der Waals surface area (Å²) in [7, 11) is 0. The minimum atomic E-state index is -0.133. The van der Waals surface area contributed by atoms with Crippen LogP contribution in [-0.4, -0.2) is 5.91 Å². The number of hydrogen-bond acceptors (Lipinski definition) is 3. The van der Waals surface area contributed by atoms with Crippen molar-refractivity contribution in [3.05, 3.63) is 77.6 Å². The van der Waals surface area contributed by atoms with Crippen molar-refractivity contribution in [3.63, 3.8) is 0 Å². The molecule has 3 nitrogen and oxygen atoms in total. The fourth-order valence-electron chi connectivity index (χ4n) is 2.00. The van der Waals surface area contributed by atoms with Crippen LogP contribution < -0.4 is 5.32 Å². The van der Waals surface area contributed by atoms with Gasteiger partial charge in [-0.15, -0.1) is 11.3 Å². The van der Waals surface area contributed by atoms with Crippen LogP contribution in [0.5, 0.6) is 0 Å². The normalized spacial score (nSPS) is 10.9. The number of hydrogen-bond donors (Lipinski definition) is 1. The Morgan fingerprint density at radius 1 is 1.09 bits per heavy atom. The molecule has 2 heterocycles. The molecule has 1 N–H and O–H groups in total. The minimum Gasteiger partial charge on any atom is -0.467 e. The van der Waals surface area contributed by atoms with Gasteiger partial charge in [-0.2, -0.15) is 0 Å². The molecule has 22 heavy (non-hydrogen) atoms. The van der Waals surface area contributed by atoms with E-state index in [9.17, 15) is 4.79 Å². The van der Waals surface area contributed by atoms with Gasteiger partial charge in [0.05, 0.1) is 12.8 Å². The molecule has 0 radical (unpaired) electrons. The first kappa shape index (κ1) is 14.4. The van der Waals surface area contributed by atoms with E-state index in [1.807, 2.05) is 36.4 Å². The quantitative estimate of drug-likeness (QED) is 0.712. The molecule has 0 saturated carbocycles. The third-order valence-electron chi connectivity index (χ3n) is 3.10. The van der Waals surface area contributed by atoms with Gasteiger partial charge in [-0.05, 0) is 35.9 Å². The molecule has 0 atom stereocenters. The molecule has 0 spiro atoms. The van der Waals surface area contributed by atoms with Crippen molar-refractivity contribution in [3.8, 4) is 10.4 Å². The van der Waals surface area contributed by atoms with Crippen LogP contribution in [0.25, 0.3) is 16.5 Å². The Hall–Kier alpha value is -2.59. The Kier molecular flexibility index (Phi) is 4.51. The maximum absolute atomic E-state index is 11.8. The fraction of sp³-hybridized carbons (Fsp3) is 0.0556.